The Morgan fingerprint density at radius 2 is 1.97 bits per heavy atom. The third-order valence-corrected chi connectivity index (χ3v) is 8.31. The molecule has 9 heteroatoms. The summed E-state index contributed by atoms with van der Waals surface area (Å²) in [6.07, 6.45) is 2.27. The molecule has 32 heavy (non-hydrogen) atoms. The van der Waals surface area contributed by atoms with Crippen molar-refractivity contribution in [1.82, 2.24) is 14.6 Å². The Morgan fingerprint density at radius 1 is 1.25 bits per heavy atom. The molecule has 1 aromatic heterocycles. The molecule has 1 saturated heterocycles. The van der Waals surface area contributed by atoms with E-state index in [2.05, 4.69) is 10.3 Å². The van der Waals surface area contributed by atoms with Crippen LogP contribution in [-0.2, 0) is 15.4 Å². The van der Waals surface area contributed by atoms with Crippen LogP contribution >= 0.6 is 11.6 Å². The molecule has 0 spiro atoms. The minimum absolute atomic E-state index is 0.122. The molecule has 1 aromatic carbocycles. The molecule has 0 aliphatic carbocycles. The summed E-state index contributed by atoms with van der Waals surface area (Å²) in [4.78, 5) is 16.9. The zero-order valence-corrected chi connectivity index (χ0v) is 20.0. The van der Waals surface area contributed by atoms with Crippen LogP contribution < -0.4 is 5.32 Å². The van der Waals surface area contributed by atoms with Gasteiger partial charge in [0.25, 0.3) is 5.91 Å². The summed E-state index contributed by atoms with van der Waals surface area (Å²) in [5.74, 6) is -0.811. The molecule has 1 fully saturated rings. The van der Waals surface area contributed by atoms with Crippen LogP contribution in [0, 0.1) is 12.9 Å². The number of nitrogens with one attached hydrogen (secondary N) is 1. The van der Waals surface area contributed by atoms with Crippen molar-refractivity contribution in [2.75, 3.05) is 25.4 Å². The average Bonchev–Trinajstić information content (AvgIpc) is 2.76. The molecule has 1 amide bonds. The van der Waals surface area contributed by atoms with E-state index in [9.17, 15) is 17.6 Å². The Morgan fingerprint density at radius 3 is 2.59 bits per heavy atom. The van der Waals surface area contributed by atoms with Gasteiger partial charge in [0, 0.05) is 25.0 Å². The zero-order valence-electron chi connectivity index (χ0n) is 18.4. The average molecular weight is 482 g/mol. The lowest BCUT2D eigenvalue weighted by Gasteiger charge is -2.41. The molecule has 3 rings (SSSR count). The summed E-state index contributed by atoms with van der Waals surface area (Å²) in [6.45, 7) is 4.64. The molecule has 1 N–H and O–H groups in total. The SMILES string of the molecule is CCCCS(=O)(=O)N1CCC(CNC(=O)c2ccc(C)cc2Cl)(c2cccc(F)n2)CC1. The highest BCUT2D eigenvalue weighted by Gasteiger charge is 2.40. The lowest BCUT2D eigenvalue weighted by molar-refractivity contribution is 0.0932. The quantitative estimate of drug-likeness (QED) is 0.576. The fourth-order valence-corrected chi connectivity index (χ4v) is 6.00. The van der Waals surface area contributed by atoms with Crippen LogP contribution in [0.3, 0.4) is 0 Å². The fraction of sp³-hybridized carbons (Fsp3) is 0.478. The van der Waals surface area contributed by atoms with E-state index in [-0.39, 0.29) is 18.2 Å². The molecule has 6 nitrogen and oxygen atoms in total. The lowest BCUT2D eigenvalue weighted by atomic mass is 9.75. The van der Waals surface area contributed by atoms with Gasteiger partial charge in [0.15, 0.2) is 0 Å². The number of aryl methyl sites for hydroxylation is 1. The van der Waals surface area contributed by atoms with Crippen LogP contribution in [0.2, 0.25) is 5.02 Å². The molecule has 0 unspecified atom stereocenters. The van der Waals surface area contributed by atoms with Crippen molar-refractivity contribution >= 4 is 27.5 Å². The van der Waals surface area contributed by atoms with Gasteiger partial charge in [-0.15, -0.1) is 0 Å². The smallest absolute Gasteiger partial charge is 0.252 e. The zero-order chi connectivity index (χ0) is 23.4. The minimum Gasteiger partial charge on any atom is -0.351 e. The number of nitrogens with zero attached hydrogens (tertiary/aromatic N) is 2. The number of aromatic nitrogens is 1. The van der Waals surface area contributed by atoms with Gasteiger partial charge in [-0.3, -0.25) is 4.79 Å². The number of hydrogen-bond acceptors (Lipinski definition) is 4. The van der Waals surface area contributed by atoms with Crippen LogP contribution in [0.15, 0.2) is 36.4 Å². The van der Waals surface area contributed by atoms with Crippen molar-refractivity contribution in [2.24, 2.45) is 0 Å². The molecular weight excluding hydrogens is 453 g/mol. The van der Waals surface area contributed by atoms with Crippen molar-refractivity contribution < 1.29 is 17.6 Å². The van der Waals surface area contributed by atoms with Crippen LogP contribution in [-0.4, -0.2) is 49.0 Å². The Kier molecular flexibility index (Phi) is 7.90. The standard InChI is InChI=1S/C23H29ClFN3O3S/c1-3-4-14-32(30,31)28-12-10-23(11-13-28,20-6-5-7-21(25)27-20)16-26-22(29)18-9-8-17(2)15-19(18)24/h5-9,15H,3-4,10-14,16H2,1-2H3,(H,26,29). The topological polar surface area (TPSA) is 79.4 Å². The number of hydrogen-bond donors (Lipinski definition) is 1. The summed E-state index contributed by atoms with van der Waals surface area (Å²) >= 11 is 6.23. The Balaban J connectivity index is 1.80. The molecule has 0 atom stereocenters. The molecule has 2 aromatic rings. The number of carbonyl (C=O) groups is 1. The van der Waals surface area contributed by atoms with Crippen LogP contribution in [0.25, 0.3) is 0 Å². The number of carbonyl (C=O) groups excluding carboxylic acids is 1. The lowest BCUT2D eigenvalue weighted by Crippen LogP contribution is -2.51. The Labute approximate surface area is 194 Å². The number of pyridine rings is 1. The third kappa shape index (κ3) is 5.66. The number of benzene rings is 1. The number of amides is 1. The molecule has 0 bridgehead atoms. The van der Waals surface area contributed by atoms with Crippen molar-refractivity contribution in [3.63, 3.8) is 0 Å². The second kappa shape index (κ2) is 10.3. The van der Waals surface area contributed by atoms with E-state index in [0.29, 0.717) is 48.6 Å². The Bertz CT molecular complexity index is 1070. The van der Waals surface area contributed by atoms with Gasteiger partial charge in [0.2, 0.25) is 16.0 Å². The second-order valence-corrected chi connectivity index (χ2v) is 10.9. The molecular formula is C23H29ClFN3O3S. The van der Waals surface area contributed by atoms with Gasteiger partial charge in [0.1, 0.15) is 0 Å². The fourth-order valence-electron chi connectivity index (χ4n) is 4.02. The van der Waals surface area contributed by atoms with E-state index < -0.39 is 21.4 Å². The maximum atomic E-state index is 13.9. The summed E-state index contributed by atoms with van der Waals surface area (Å²) < 4.78 is 40.7. The highest BCUT2D eigenvalue weighted by Crippen LogP contribution is 2.35. The van der Waals surface area contributed by atoms with Gasteiger partial charge in [-0.25, -0.2) is 17.7 Å². The highest BCUT2D eigenvalue weighted by atomic mass is 35.5. The van der Waals surface area contributed by atoms with Crippen LogP contribution in [0.5, 0.6) is 0 Å². The first-order valence-electron chi connectivity index (χ1n) is 10.8. The van der Waals surface area contributed by atoms with E-state index in [4.69, 9.17) is 11.6 Å². The van der Waals surface area contributed by atoms with E-state index in [0.717, 1.165) is 12.0 Å². The second-order valence-electron chi connectivity index (χ2n) is 8.36. The van der Waals surface area contributed by atoms with E-state index in [1.54, 1.807) is 24.3 Å². The molecule has 0 radical (unpaired) electrons. The van der Waals surface area contributed by atoms with E-state index >= 15 is 0 Å². The van der Waals surface area contributed by atoms with E-state index in [1.807, 2.05) is 19.9 Å². The normalized spacial score (nSPS) is 16.6. The monoisotopic (exact) mass is 481 g/mol. The first kappa shape index (κ1) is 24.6. The summed E-state index contributed by atoms with van der Waals surface area (Å²) in [6, 6.07) is 9.79. The van der Waals surface area contributed by atoms with Crippen molar-refractivity contribution in [3.8, 4) is 0 Å². The van der Waals surface area contributed by atoms with Crippen LogP contribution in [0.1, 0.15) is 54.2 Å². The predicted molar refractivity (Wildman–Crippen MR) is 124 cm³/mol. The number of rotatable bonds is 8. The van der Waals surface area contributed by atoms with Gasteiger partial charge in [-0.2, -0.15) is 4.39 Å². The summed E-state index contributed by atoms with van der Waals surface area (Å²) in [7, 11) is -3.34. The number of sulfonamides is 1. The predicted octanol–water partition coefficient (Wildman–Crippen LogP) is 4.08. The summed E-state index contributed by atoms with van der Waals surface area (Å²) in [5.41, 5.74) is 1.15. The Hall–Kier alpha value is -2.03. The van der Waals surface area contributed by atoms with Gasteiger partial charge >= 0.3 is 0 Å². The van der Waals surface area contributed by atoms with Crippen molar-refractivity contribution in [2.45, 2.75) is 44.9 Å². The van der Waals surface area contributed by atoms with Crippen LogP contribution in [0.4, 0.5) is 4.39 Å². The third-order valence-electron chi connectivity index (χ3n) is 6.04. The molecule has 2 heterocycles. The first-order chi connectivity index (χ1) is 15.2. The number of halogens is 2. The van der Waals surface area contributed by atoms with Gasteiger partial charge in [0.05, 0.1) is 22.0 Å². The van der Waals surface area contributed by atoms with Crippen molar-refractivity contribution in [3.05, 3.63) is 64.2 Å². The highest BCUT2D eigenvalue weighted by molar-refractivity contribution is 7.89. The van der Waals surface area contributed by atoms with E-state index in [1.165, 1.54) is 10.4 Å². The van der Waals surface area contributed by atoms with Gasteiger partial charge in [-0.1, -0.05) is 37.1 Å². The largest absolute Gasteiger partial charge is 0.351 e. The first-order valence-corrected chi connectivity index (χ1v) is 12.8. The number of unbranched alkanes of at least 4 members (excludes halogenated alkanes) is 1. The summed E-state index contributed by atoms with van der Waals surface area (Å²) in [5, 5.41) is 3.28. The maximum Gasteiger partial charge on any atom is 0.252 e. The van der Waals surface area contributed by atoms with Crippen molar-refractivity contribution in [1.29, 1.82) is 0 Å². The minimum atomic E-state index is -3.34. The molecule has 174 valence electrons. The van der Waals surface area contributed by atoms with Gasteiger partial charge in [-0.05, 0) is 56.0 Å². The maximum absolute atomic E-state index is 13.9. The number of piperidine rings is 1. The molecule has 1 aliphatic rings. The van der Waals surface area contributed by atoms with Gasteiger partial charge < -0.3 is 5.32 Å². The molecule has 1 aliphatic heterocycles. The molecule has 0 saturated carbocycles.